The van der Waals surface area contributed by atoms with Gasteiger partial charge >= 0.3 is 0 Å². The number of rotatable bonds is 1. The van der Waals surface area contributed by atoms with E-state index in [9.17, 15) is 0 Å². The first-order valence-corrected chi connectivity index (χ1v) is 4.39. The Labute approximate surface area is 78.9 Å². The minimum absolute atomic E-state index is 1.23. The predicted molar refractivity (Wildman–Crippen MR) is 55.5 cm³/mol. The van der Waals surface area contributed by atoms with E-state index in [-0.39, 0.29) is 0 Å². The minimum Gasteiger partial charge on any atom is -0.0614 e. The normalized spacial score (nSPS) is 9.92. The third kappa shape index (κ3) is 1.78. The second kappa shape index (κ2) is 3.44. The van der Waals surface area contributed by atoms with Crippen LogP contribution in [0.3, 0.4) is 0 Å². The molecule has 1 radical (unpaired) electrons. The van der Waals surface area contributed by atoms with Gasteiger partial charge in [-0.05, 0) is 30.2 Å². The van der Waals surface area contributed by atoms with Crippen molar-refractivity contribution < 1.29 is 0 Å². The molecule has 0 heteroatoms. The van der Waals surface area contributed by atoms with Crippen LogP contribution in [0.4, 0.5) is 0 Å². The maximum atomic E-state index is 3.08. The standard InChI is InChI=1S/C13H11/c1-11-6-5-9-13(10-11)12-7-3-2-4-8-12/h2-3,5-10H,1H3. The average Bonchev–Trinajstić information content (AvgIpc) is 2.19. The highest BCUT2D eigenvalue weighted by molar-refractivity contribution is 5.63. The van der Waals surface area contributed by atoms with Gasteiger partial charge in [-0.3, -0.25) is 0 Å². The first kappa shape index (κ1) is 8.06. The average molecular weight is 167 g/mol. The van der Waals surface area contributed by atoms with Gasteiger partial charge in [0.2, 0.25) is 0 Å². The molecule has 0 bridgehead atoms. The van der Waals surface area contributed by atoms with Crippen LogP contribution in [0.1, 0.15) is 5.56 Å². The molecule has 0 N–H and O–H groups in total. The van der Waals surface area contributed by atoms with Crippen LogP contribution in [-0.4, -0.2) is 0 Å². The summed E-state index contributed by atoms with van der Waals surface area (Å²) in [6, 6.07) is 19.6. The van der Waals surface area contributed by atoms with Crippen LogP contribution in [0.25, 0.3) is 11.1 Å². The van der Waals surface area contributed by atoms with Gasteiger partial charge in [-0.25, -0.2) is 0 Å². The lowest BCUT2D eigenvalue weighted by atomic mass is 10.0. The third-order valence-electron chi connectivity index (χ3n) is 2.06. The fraction of sp³-hybridized carbons (Fsp3) is 0.0769. The maximum Gasteiger partial charge on any atom is -0.0178 e. The predicted octanol–water partition coefficient (Wildman–Crippen LogP) is 3.46. The number of benzene rings is 2. The van der Waals surface area contributed by atoms with Gasteiger partial charge in [0.05, 0.1) is 0 Å². The van der Waals surface area contributed by atoms with Crippen molar-refractivity contribution in [3.63, 3.8) is 0 Å². The Morgan fingerprint density at radius 1 is 1.00 bits per heavy atom. The van der Waals surface area contributed by atoms with E-state index < -0.39 is 0 Å². The maximum absolute atomic E-state index is 3.08. The van der Waals surface area contributed by atoms with Gasteiger partial charge in [0, 0.05) is 0 Å². The SMILES string of the molecule is Cc1cccc(-c2c[c]ccc2)c1. The molecule has 0 amide bonds. The van der Waals surface area contributed by atoms with E-state index in [1.165, 1.54) is 16.7 Å². The zero-order valence-corrected chi connectivity index (χ0v) is 7.62. The third-order valence-corrected chi connectivity index (χ3v) is 2.06. The van der Waals surface area contributed by atoms with Gasteiger partial charge in [0.15, 0.2) is 0 Å². The van der Waals surface area contributed by atoms with E-state index in [1.54, 1.807) is 0 Å². The first-order chi connectivity index (χ1) is 6.36. The largest absolute Gasteiger partial charge is 0.0614 e. The zero-order valence-electron chi connectivity index (χ0n) is 7.62. The van der Waals surface area contributed by atoms with E-state index >= 15 is 0 Å². The van der Waals surface area contributed by atoms with Gasteiger partial charge in [-0.1, -0.05) is 48.0 Å². The molecular formula is C13H11. The van der Waals surface area contributed by atoms with Crippen LogP contribution in [0.15, 0.2) is 48.5 Å². The van der Waals surface area contributed by atoms with E-state index in [0.717, 1.165) is 0 Å². The summed E-state index contributed by atoms with van der Waals surface area (Å²) >= 11 is 0. The zero-order chi connectivity index (χ0) is 9.10. The molecule has 0 nitrogen and oxygen atoms in total. The van der Waals surface area contributed by atoms with Crippen LogP contribution < -0.4 is 0 Å². The summed E-state index contributed by atoms with van der Waals surface area (Å²) in [6.07, 6.45) is 0. The Morgan fingerprint density at radius 2 is 1.85 bits per heavy atom. The molecule has 0 aliphatic rings. The summed E-state index contributed by atoms with van der Waals surface area (Å²) in [7, 11) is 0. The van der Waals surface area contributed by atoms with Crippen molar-refractivity contribution in [2.45, 2.75) is 6.92 Å². The Bertz CT molecular complexity index is 388. The summed E-state index contributed by atoms with van der Waals surface area (Å²) in [4.78, 5) is 0. The molecule has 0 aliphatic heterocycles. The van der Waals surface area contributed by atoms with Crippen molar-refractivity contribution in [3.8, 4) is 11.1 Å². The lowest BCUT2D eigenvalue weighted by Crippen LogP contribution is -1.77. The highest BCUT2D eigenvalue weighted by Crippen LogP contribution is 2.18. The van der Waals surface area contributed by atoms with Crippen molar-refractivity contribution in [2.24, 2.45) is 0 Å². The lowest BCUT2D eigenvalue weighted by molar-refractivity contribution is 1.47. The Kier molecular flexibility index (Phi) is 2.13. The van der Waals surface area contributed by atoms with Crippen LogP contribution in [0, 0.1) is 13.0 Å². The molecule has 0 spiro atoms. The Morgan fingerprint density at radius 3 is 2.54 bits per heavy atom. The minimum atomic E-state index is 1.23. The van der Waals surface area contributed by atoms with E-state index in [4.69, 9.17) is 0 Å². The molecule has 0 saturated carbocycles. The van der Waals surface area contributed by atoms with Crippen LogP contribution in [0.2, 0.25) is 0 Å². The number of aryl methyl sites for hydroxylation is 1. The van der Waals surface area contributed by atoms with Gasteiger partial charge in [0.25, 0.3) is 0 Å². The quantitative estimate of drug-likeness (QED) is 0.610. The molecule has 2 aromatic carbocycles. The summed E-state index contributed by atoms with van der Waals surface area (Å²) in [5.41, 5.74) is 3.78. The molecule has 0 aliphatic carbocycles. The van der Waals surface area contributed by atoms with E-state index in [2.05, 4.69) is 43.3 Å². The molecule has 63 valence electrons. The monoisotopic (exact) mass is 167 g/mol. The fourth-order valence-electron chi connectivity index (χ4n) is 1.40. The lowest BCUT2D eigenvalue weighted by Gasteiger charge is -2.01. The molecule has 0 atom stereocenters. The summed E-state index contributed by atoms with van der Waals surface area (Å²) in [5.74, 6) is 0. The molecule has 0 unspecified atom stereocenters. The topological polar surface area (TPSA) is 0 Å². The van der Waals surface area contributed by atoms with Gasteiger partial charge < -0.3 is 0 Å². The molecule has 2 rings (SSSR count). The Balaban J connectivity index is 2.48. The molecule has 0 aromatic heterocycles. The van der Waals surface area contributed by atoms with Crippen LogP contribution >= 0.6 is 0 Å². The summed E-state index contributed by atoms with van der Waals surface area (Å²) in [6.45, 7) is 2.11. The second-order valence-electron chi connectivity index (χ2n) is 3.16. The van der Waals surface area contributed by atoms with E-state index in [0.29, 0.717) is 0 Å². The van der Waals surface area contributed by atoms with E-state index in [1.807, 2.05) is 18.2 Å². The highest BCUT2D eigenvalue weighted by Gasteiger charge is 1.94. The van der Waals surface area contributed by atoms with Gasteiger partial charge in [-0.2, -0.15) is 0 Å². The van der Waals surface area contributed by atoms with Crippen molar-refractivity contribution in [1.82, 2.24) is 0 Å². The van der Waals surface area contributed by atoms with Crippen LogP contribution in [0.5, 0.6) is 0 Å². The summed E-state index contributed by atoms with van der Waals surface area (Å²) < 4.78 is 0. The number of hydrogen-bond acceptors (Lipinski definition) is 0. The second-order valence-corrected chi connectivity index (χ2v) is 3.16. The molecule has 0 fully saturated rings. The molecule has 0 saturated heterocycles. The smallest absolute Gasteiger partial charge is 0.0178 e. The molecular weight excluding hydrogens is 156 g/mol. The van der Waals surface area contributed by atoms with Crippen LogP contribution in [-0.2, 0) is 0 Å². The molecule has 2 aromatic rings. The van der Waals surface area contributed by atoms with Crippen molar-refractivity contribution in [1.29, 1.82) is 0 Å². The van der Waals surface area contributed by atoms with Crippen molar-refractivity contribution in [3.05, 3.63) is 60.2 Å². The fourth-order valence-corrected chi connectivity index (χ4v) is 1.40. The Hall–Kier alpha value is -1.56. The van der Waals surface area contributed by atoms with Gasteiger partial charge in [-0.15, -0.1) is 0 Å². The first-order valence-electron chi connectivity index (χ1n) is 4.39. The van der Waals surface area contributed by atoms with Crippen molar-refractivity contribution in [2.75, 3.05) is 0 Å². The highest BCUT2D eigenvalue weighted by atomic mass is 14.0. The van der Waals surface area contributed by atoms with Gasteiger partial charge in [0.1, 0.15) is 0 Å². The molecule has 0 heterocycles. The van der Waals surface area contributed by atoms with Crippen molar-refractivity contribution >= 4 is 0 Å². The molecule has 13 heavy (non-hydrogen) atoms. The number of hydrogen-bond donors (Lipinski definition) is 0. The summed E-state index contributed by atoms with van der Waals surface area (Å²) in [5, 5.41) is 0.